The first kappa shape index (κ1) is 14.6. The predicted molar refractivity (Wildman–Crippen MR) is 79.3 cm³/mol. The van der Waals surface area contributed by atoms with Gasteiger partial charge >= 0.3 is 5.97 Å². The van der Waals surface area contributed by atoms with Gasteiger partial charge in [-0.3, -0.25) is 9.59 Å². The molecule has 0 radical (unpaired) electrons. The van der Waals surface area contributed by atoms with Crippen molar-refractivity contribution >= 4 is 23.0 Å². The molecule has 6 nitrogen and oxygen atoms in total. The van der Waals surface area contributed by atoms with Gasteiger partial charge in [0.2, 0.25) is 5.91 Å². The zero-order valence-electron chi connectivity index (χ0n) is 12.2. The van der Waals surface area contributed by atoms with Crippen LogP contribution < -0.4 is 0 Å². The van der Waals surface area contributed by atoms with Gasteiger partial charge in [-0.15, -0.1) is 0 Å². The lowest BCUT2D eigenvalue weighted by Crippen LogP contribution is -2.36. The van der Waals surface area contributed by atoms with Gasteiger partial charge in [-0.2, -0.15) is 0 Å². The SMILES string of the molecule is O=C(O)CC1CCCN1C(=O)CCc1nc2ccccc2o1. The average molecular weight is 302 g/mol. The van der Waals surface area contributed by atoms with E-state index in [2.05, 4.69) is 4.98 Å². The Morgan fingerprint density at radius 1 is 1.36 bits per heavy atom. The molecule has 1 unspecified atom stereocenters. The number of carbonyl (C=O) groups excluding carboxylic acids is 1. The number of aromatic nitrogens is 1. The third kappa shape index (κ3) is 3.10. The fraction of sp³-hybridized carbons (Fsp3) is 0.438. The number of likely N-dealkylation sites (tertiary alicyclic amines) is 1. The van der Waals surface area contributed by atoms with Gasteiger partial charge in [-0.05, 0) is 25.0 Å². The summed E-state index contributed by atoms with van der Waals surface area (Å²) in [5.74, 6) is -0.335. The largest absolute Gasteiger partial charge is 0.481 e. The highest BCUT2D eigenvalue weighted by molar-refractivity contribution is 5.78. The number of nitrogens with zero attached hydrogens (tertiary/aromatic N) is 2. The number of hydrogen-bond donors (Lipinski definition) is 1. The van der Waals surface area contributed by atoms with E-state index in [0.717, 1.165) is 23.9 Å². The van der Waals surface area contributed by atoms with E-state index < -0.39 is 5.97 Å². The number of rotatable bonds is 5. The van der Waals surface area contributed by atoms with Crippen LogP contribution in [0.25, 0.3) is 11.1 Å². The summed E-state index contributed by atoms with van der Waals surface area (Å²) in [6.07, 6.45) is 2.38. The second-order valence-corrected chi connectivity index (χ2v) is 5.56. The number of para-hydroxylation sites is 2. The summed E-state index contributed by atoms with van der Waals surface area (Å²) in [6, 6.07) is 7.31. The van der Waals surface area contributed by atoms with Crippen molar-refractivity contribution in [3.8, 4) is 0 Å². The molecule has 1 amide bonds. The van der Waals surface area contributed by atoms with Gasteiger partial charge < -0.3 is 14.4 Å². The van der Waals surface area contributed by atoms with Crippen LogP contribution in [0.4, 0.5) is 0 Å². The zero-order chi connectivity index (χ0) is 15.5. The van der Waals surface area contributed by atoms with E-state index in [0.29, 0.717) is 25.3 Å². The number of aliphatic carboxylic acids is 1. The molecule has 3 rings (SSSR count). The van der Waals surface area contributed by atoms with Crippen LogP contribution >= 0.6 is 0 Å². The highest BCUT2D eigenvalue weighted by Gasteiger charge is 2.30. The lowest BCUT2D eigenvalue weighted by molar-refractivity contribution is -0.139. The molecule has 1 saturated heterocycles. The van der Waals surface area contributed by atoms with Gasteiger partial charge in [0.15, 0.2) is 11.5 Å². The highest BCUT2D eigenvalue weighted by Crippen LogP contribution is 2.22. The average Bonchev–Trinajstić information content (AvgIpc) is 3.10. The Morgan fingerprint density at radius 3 is 2.95 bits per heavy atom. The van der Waals surface area contributed by atoms with Crippen LogP contribution in [-0.4, -0.2) is 39.5 Å². The lowest BCUT2D eigenvalue weighted by Gasteiger charge is -2.23. The minimum Gasteiger partial charge on any atom is -0.481 e. The summed E-state index contributed by atoms with van der Waals surface area (Å²) in [7, 11) is 0. The van der Waals surface area contributed by atoms with Gasteiger partial charge in [0.05, 0.1) is 6.42 Å². The number of oxazole rings is 1. The molecule has 1 aliphatic heterocycles. The van der Waals surface area contributed by atoms with Crippen molar-refractivity contribution in [3.63, 3.8) is 0 Å². The Balaban J connectivity index is 1.60. The standard InChI is InChI=1S/C16H18N2O4/c19-15(18-9-3-4-11(18)10-16(20)21)8-7-14-17-12-5-1-2-6-13(12)22-14/h1-2,5-6,11H,3-4,7-10H2,(H,20,21). The summed E-state index contributed by atoms with van der Waals surface area (Å²) < 4.78 is 5.60. The molecule has 22 heavy (non-hydrogen) atoms. The maximum absolute atomic E-state index is 12.3. The highest BCUT2D eigenvalue weighted by atomic mass is 16.4. The van der Waals surface area contributed by atoms with E-state index >= 15 is 0 Å². The zero-order valence-corrected chi connectivity index (χ0v) is 12.2. The van der Waals surface area contributed by atoms with Gasteiger partial charge in [0.1, 0.15) is 5.52 Å². The summed E-state index contributed by atoms with van der Waals surface area (Å²) >= 11 is 0. The molecule has 116 valence electrons. The van der Waals surface area contributed by atoms with Crippen LogP contribution in [0.3, 0.4) is 0 Å². The Hall–Kier alpha value is -2.37. The van der Waals surface area contributed by atoms with E-state index in [1.54, 1.807) is 4.90 Å². The minimum atomic E-state index is -0.858. The van der Waals surface area contributed by atoms with Crippen LogP contribution in [0.15, 0.2) is 28.7 Å². The summed E-state index contributed by atoms with van der Waals surface area (Å²) in [5, 5.41) is 8.90. The van der Waals surface area contributed by atoms with Crippen molar-refractivity contribution in [1.29, 1.82) is 0 Å². The van der Waals surface area contributed by atoms with Crippen molar-refractivity contribution in [2.24, 2.45) is 0 Å². The fourth-order valence-corrected chi connectivity index (χ4v) is 2.96. The molecule has 1 aromatic heterocycles. The molecule has 2 aromatic rings. The first-order valence-corrected chi connectivity index (χ1v) is 7.49. The van der Waals surface area contributed by atoms with E-state index in [1.165, 1.54) is 0 Å². The van der Waals surface area contributed by atoms with Crippen LogP contribution in [0.2, 0.25) is 0 Å². The first-order chi connectivity index (χ1) is 10.6. The summed E-state index contributed by atoms with van der Waals surface area (Å²) in [5.41, 5.74) is 1.50. The number of carboxylic acid groups (broad SMARTS) is 1. The summed E-state index contributed by atoms with van der Waals surface area (Å²) in [4.78, 5) is 29.2. The lowest BCUT2D eigenvalue weighted by atomic mass is 10.1. The van der Waals surface area contributed by atoms with E-state index in [1.807, 2.05) is 24.3 Å². The smallest absolute Gasteiger partial charge is 0.305 e. The van der Waals surface area contributed by atoms with E-state index in [4.69, 9.17) is 9.52 Å². The van der Waals surface area contributed by atoms with Crippen LogP contribution in [0.1, 0.15) is 31.6 Å². The van der Waals surface area contributed by atoms with E-state index in [9.17, 15) is 9.59 Å². The molecule has 1 N–H and O–H groups in total. The van der Waals surface area contributed by atoms with Crippen molar-refractivity contribution in [2.45, 2.75) is 38.1 Å². The van der Waals surface area contributed by atoms with Crippen molar-refractivity contribution in [1.82, 2.24) is 9.88 Å². The molecular formula is C16H18N2O4. The molecule has 1 atom stereocenters. The van der Waals surface area contributed by atoms with Crippen molar-refractivity contribution in [3.05, 3.63) is 30.2 Å². The van der Waals surface area contributed by atoms with Crippen molar-refractivity contribution < 1.29 is 19.1 Å². The number of fused-ring (bicyclic) bond motifs is 1. The molecule has 0 saturated carbocycles. The van der Waals surface area contributed by atoms with Gasteiger partial charge in [-0.25, -0.2) is 4.98 Å². The second kappa shape index (κ2) is 6.17. The van der Waals surface area contributed by atoms with Gasteiger partial charge in [-0.1, -0.05) is 12.1 Å². The normalized spacial score (nSPS) is 18.0. The monoisotopic (exact) mass is 302 g/mol. The molecule has 0 spiro atoms. The third-order valence-corrected chi connectivity index (χ3v) is 4.00. The number of amides is 1. The summed E-state index contributed by atoms with van der Waals surface area (Å²) in [6.45, 7) is 0.643. The number of benzene rings is 1. The molecule has 1 aromatic carbocycles. The quantitative estimate of drug-likeness (QED) is 0.915. The Kier molecular flexibility index (Phi) is 4.09. The molecule has 2 heterocycles. The molecular weight excluding hydrogens is 284 g/mol. The van der Waals surface area contributed by atoms with Crippen molar-refractivity contribution in [2.75, 3.05) is 6.54 Å². The third-order valence-electron chi connectivity index (χ3n) is 4.00. The van der Waals surface area contributed by atoms with Crippen LogP contribution in [-0.2, 0) is 16.0 Å². The predicted octanol–water partition coefficient (Wildman–Crippen LogP) is 2.23. The Morgan fingerprint density at radius 2 is 2.18 bits per heavy atom. The number of hydrogen-bond acceptors (Lipinski definition) is 4. The van der Waals surface area contributed by atoms with Crippen LogP contribution in [0.5, 0.6) is 0 Å². The maximum atomic E-state index is 12.3. The number of carboxylic acids is 1. The molecule has 0 bridgehead atoms. The fourth-order valence-electron chi connectivity index (χ4n) is 2.96. The Labute approximate surface area is 127 Å². The topological polar surface area (TPSA) is 83.6 Å². The van der Waals surface area contributed by atoms with Crippen LogP contribution in [0, 0.1) is 0 Å². The number of carbonyl (C=O) groups is 2. The molecule has 6 heteroatoms. The van der Waals surface area contributed by atoms with Gasteiger partial charge in [0.25, 0.3) is 0 Å². The first-order valence-electron chi connectivity index (χ1n) is 7.49. The molecule has 1 fully saturated rings. The van der Waals surface area contributed by atoms with E-state index in [-0.39, 0.29) is 18.4 Å². The Bertz CT molecular complexity index is 661. The minimum absolute atomic E-state index is 0.0222. The maximum Gasteiger partial charge on any atom is 0.305 e. The molecule has 0 aliphatic carbocycles. The molecule has 1 aliphatic rings. The van der Waals surface area contributed by atoms with Gasteiger partial charge in [0, 0.05) is 25.4 Å². The number of aryl methyl sites for hydroxylation is 1. The second-order valence-electron chi connectivity index (χ2n) is 5.56.